The van der Waals surface area contributed by atoms with Crippen LogP contribution in [0.3, 0.4) is 0 Å². The molecule has 0 amide bonds. The van der Waals surface area contributed by atoms with Gasteiger partial charge in [0.25, 0.3) is 0 Å². The summed E-state index contributed by atoms with van der Waals surface area (Å²) in [5.41, 5.74) is 0. The van der Waals surface area contributed by atoms with Gasteiger partial charge in [-0.25, -0.2) is 0 Å². The van der Waals surface area contributed by atoms with Gasteiger partial charge in [0.15, 0.2) is 5.78 Å². The molecule has 2 unspecified atom stereocenters. The van der Waals surface area contributed by atoms with E-state index in [-0.39, 0.29) is 5.92 Å². The van der Waals surface area contributed by atoms with E-state index in [4.69, 9.17) is 9.47 Å². The first kappa shape index (κ1) is 13.6. The van der Waals surface area contributed by atoms with Crippen molar-refractivity contribution >= 4 is 5.78 Å². The van der Waals surface area contributed by atoms with Gasteiger partial charge in [0.2, 0.25) is 0 Å². The lowest BCUT2D eigenvalue weighted by Gasteiger charge is -2.27. The molecule has 0 aromatic rings. The molecule has 0 aromatic heterocycles. The number of rotatable bonds is 7. The van der Waals surface area contributed by atoms with Gasteiger partial charge in [0.05, 0.1) is 19.8 Å². The highest BCUT2D eigenvalue weighted by Crippen LogP contribution is 2.14. The van der Waals surface area contributed by atoms with E-state index < -0.39 is 0 Å². The van der Waals surface area contributed by atoms with E-state index in [1.54, 1.807) is 7.11 Å². The predicted octanol–water partition coefficient (Wildman–Crippen LogP) is 0.949. The fourth-order valence-corrected chi connectivity index (χ4v) is 2.04. The SMILES string of the molecule is CCN(CC(=O)C1CCOC1)C(C)COC. The molecule has 1 aliphatic rings. The van der Waals surface area contributed by atoms with Crippen LogP contribution >= 0.6 is 0 Å². The lowest BCUT2D eigenvalue weighted by molar-refractivity contribution is -0.124. The van der Waals surface area contributed by atoms with Gasteiger partial charge in [-0.1, -0.05) is 6.92 Å². The summed E-state index contributed by atoms with van der Waals surface area (Å²) >= 11 is 0. The van der Waals surface area contributed by atoms with Crippen molar-refractivity contribution in [2.24, 2.45) is 5.92 Å². The number of Topliss-reactive ketones (excluding diaryl/α,β-unsaturated/α-hetero) is 1. The standard InChI is InChI=1S/C12H23NO3/c1-4-13(10(2)8-15-3)7-12(14)11-5-6-16-9-11/h10-11H,4-9H2,1-3H3. The quantitative estimate of drug-likeness (QED) is 0.651. The highest BCUT2D eigenvalue weighted by atomic mass is 16.5. The highest BCUT2D eigenvalue weighted by molar-refractivity contribution is 5.83. The van der Waals surface area contributed by atoms with Crippen molar-refractivity contribution in [2.75, 3.05) is 40.0 Å². The topological polar surface area (TPSA) is 38.8 Å². The first-order valence-electron chi connectivity index (χ1n) is 6.02. The van der Waals surface area contributed by atoms with Crippen LogP contribution in [0.4, 0.5) is 0 Å². The number of ether oxygens (including phenoxy) is 2. The average molecular weight is 229 g/mol. The summed E-state index contributed by atoms with van der Waals surface area (Å²) in [6.07, 6.45) is 0.884. The Balaban J connectivity index is 2.39. The van der Waals surface area contributed by atoms with Crippen LogP contribution in [0.25, 0.3) is 0 Å². The van der Waals surface area contributed by atoms with Crippen LogP contribution in [0.15, 0.2) is 0 Å². The van der Waals surface area contributed by atoms with E-state index in [0.29, 0.717) is 31.6 Å². The molecule has 0 aromatic carbocycles. The van der Waals surface area contributed by atoms with Gasteiger partial charge in [-0.15, -0.1) is 0 Å². The van der Waals surface area contributed by atoms with E-state index in [0.717, 1.165) is 19.6 Å². The van der Waals surface area contributed by atoms with Crippen LogP contribution in [0.1, 0.15) is 20.3 Å². The second kappa shape index (κ2) is 6.99. The molecule has 1 saturated heterocycles. The van der Waals surface area contributed by atoms with Crippen molar-refractivity contribution in [3.8, 4) is 0 Å². The van der Waals surface area contributed by atoms with Crippen LogP contribution in [-0.2, 0) is 14.3 Å². The Morgan fingerprint density at radius 2 is 2.38 bits per heavy atom. The van der Waals surface area contributed by atoms with Gasteiger partial charge in [-0.3, -0.25) is 9.69 Å². The summed E-state index contributed by atoms with van der Waals surface area (Å²) in [5, 5.41) is 0. The lowest BCUT2D eigenvalue weighted by Crippen LogP contribution is -2.41. The van der Waals surface area contributed by atoms with Crippen molar-refractivity contribution in [3.63, 3.8) is 0 Å². The smallest absolute Gasteiger partial charge is 0.152 e. The molecule has 16 heavy (non-hydrogen) atoms. The molecule has 4 heteroatoms. The zero-order chi connectivity index (χ0) is 12.0. The molecule has 0 aliphatic carbocycles. The first-order valence-corrected chi connectivity index (χ1v) is 6.02. The Morgan fingerprint density at radius 3 is 2.88 bits per heavy atom. The normalized spacial score (nSPS) is 22.6. The van der Waals surface area contributed by atoms with E-state index in [2.05, 4.69) is 18.7 Å². The number of hydrogen-bond acceptors (Lipinski definition) is 4. The molecule has 0 radical (unpaired) electrons. The monoisotopic (exact) mass is 229 g/mol. The fourth-order valence-electron chi connectivity index (χ4n) is 2.04. The van der Waals surface area contributed by atoms with Gasteiger partial charge in [0, 0.05) is 25.7 Å². The van der Waals surface area contributed by atoms with Gasteiger partial charge in [-0.2, -0.15) is 0 Å². The van der Waals surface area contributed by atoms with Crippen LogP contribution in [0.2, 0.25) is 0 Å². The summed E-state index contributed by atoms with van der Waals surface area (Å²) in [4.78, 5) is 14.1. The summed E-state index contributed by atoms with van der Waals surface area (Å²) in [5.74, 6) is 0.422. The molecule has 1 heterocycles. The zero-order valence-electron chi connectivity index (χ0n) is 10.6. The van der Waals surface area contributed by atoms with E-state index in [1.807, 2.05) is 0 Å². The molecular weight excluding hydrogens is 206 g/mol. The van der Waals surface area contributed by atoms with E-state index >= 15 is 0 Å². The maximum absolute atomic E-state index is 12.0. The third-order valence-electron chi connectivity index (χ3n) is 3.18. The third kappa shape index (κ3) is 3.85. The van der Waals surface area contributed by atoms with Crippen LogP contribution in [0, 0.1) is 5.92 Å². The first-order chi connectivity index (χ1) is 7.69. The fraction of sp³-hybridized carbons (Fsp3) is 0.917. The summed E-state index contributed by atoms with van der Waals surface area (Å²) in [6, 6.07) is 0.293. The number of methoxy groups -OCH3 is 1. The number of likely N-dealkylation sites (N-methyl/N-ethyl adjacent to an activating group) is 1. The molecule has 2 atom stereocenters. The average Bonchev–Trinajstić information content (AvgIpc) is 2.79. The highest BCUT2D eigenvalue weighted by Gasteiger charge is 2.25. The number of nitrogens with zero attached hydrogens (tertiary/aromatic N) is 1. The minimum absolute atomic E-state index is 0.115. The summed E-state index contributed by atoms with van der Waals surface area (Å²) < 4.78 is 10.4. The van der Waals surface area contributed by atoms with Crippen molar-refractivity contribution in [1.29, 1.82) is 0 Å². The minimum atomic E-state index is 0.115. The Labute approximate surface area is 97.9 Å². The summed E-state index contributed by atoms with van der Waals surface area (Å²) in [6.45, 7) is 7.57. The Hall–Kier alpha value is -0.450. The second-order valence-corrected chi connectivity index (χ2v) is 4.39. The van der Waals surface area contributed by atoms with Crippen molar-refractivity contribution < 1.29 is 14.3 Å². The number of carbonyl (C=O) groups is 1. The largest absolute Gasteiger partial charge is 0.383 e. The summed E-state index contributed by atoms with van der Waals surface area (Å²) in [7, 11) is 1.69. The molecule has 94 valence electrons. The predicted molar refractivity (Wildman–Crippen MR) is 62.5 cm³/mol. The maximum atomic E-state index is 12.0. The van der Waals surface area contributed by atoms with Crippen LogP contribution < -0.4 is 0 Å². The molecule has 0 saturated carbocycles. The van der Waals surface area contributed by atoms with Gasteiger partial charge >= 0.3 is 0 Å². The van der Waals surface area contributed by atoms with E-state index in [1.165, 1.54) is 0 Å². The van der Waals surface area contributed by atoms with Crippen molar-refractivity contribution in [3.05, 3.63) is 0 Å². The molecule has 1 rings (SSSR count). The van der Waals surface area contributed by atoms with Crippen molar-refractivity contribution in [1.82, 2.24) is 4.90 Å². The molecule has 1 fully saturated rings. The zero-order valence-corrected chi connectivity index (χ0v) is 10.6. The van der Waals surface area contributed by atoms with Crippen LogP contribution in [-0.4, -0.2) is 56.7 Å². The second-order valence-electron chi connectivity index (χ2n) is 4.39. The van der Waals surface area contributed by atoms with Crippen molar-refractivity contribution in [2.45, 2.75) is 26.3 Å². The molecule has 0 bridgehead atoms. The number of hydrogen-bond donors (Lipinski definition) is 0. The Bertz CT molecular complexity index is 214. The van der Waals surface area contributed by atoms with E-state index in [9.17, 15) is 4.79 Å². The number of carbonyl (C=O) groups excluding carboxylic acids is 1. The molecule has 4 nitrogen and oxygen atoms in total. The molecule has 0 N–H and O–H groups in total. The lowest BCUT2D eigenvalue weighted by atomic mass is 10.0. The third-order valence-corrected chi connectivity index (χ3v) is 3.18. The van der Waals surface area contributed by atoms with Crippen LogP contribution in [0.5, 0.6) is 0 Å². The maximum Gasteiger partial charge on any atom is 0.152 e. The van der Waals surface area contributed by atoms with Gasteiger partial charge < -0.3 is 9.47 Å². The Kier molecular flexibility index (Phi) is 5.95. The number of ketones is 1. The Morgan fingerprint density at radius 1 is 1.62 bits per heavy atom. The molecule has 0 spiro atoms. The van der Waals surface area contributed by atoms with Gasteiger partial charge in [-0.05, 0) is 19.9 Å². The molecular formula is C12H23NO3. The minimum Gasteiger partial charge on any atom is -0.383 e. The van der Waals surface area contributed by atoms with Gasteiger partial charge in [0.1, 0.15) is 0 Å². The molecule has 1 aliphatic heterocycles.